The third-order valence-corrected chi connectivity index (χ3v) is 3.01. The van der Waals surface area contributed by atoms with Crippen LogP contribution in [-0.4, -0.2) is 31.0 Å². The number of ether oxygens (including phenoxy) is 1. The van der Waals surface area contributed by atoms with E-state index in [1.54, 1.807) is 36.0 Å². The first-order valence-corrected chi connectivity index (χ1v) is 6.99. The smallest absolute Gasteiger partial charge is 0.337 e. The molecule has 1 rings (SSSR count). The van der Waals surface area contributed by atoms with Gasteiger partial charge < -0.3 is 10.1 Å². The molecule has 0 aliphatic carbocycles. The second-order valence-corrected chi connectivity index (χ2v) is 4.69. The molecule has 0 atom stereocenters. The van der Waals surface area contributed by atoms with E-state index in [2.05, 4.69) is 10.1 Å². The van der Waals surface area contributed by atoms with Crippen LogP contribution in [0.1, 0.15) is 22.3 Å². The maximum atomic E-state index is 11.4. The summed E-state index contributed by atoms with van der Waals surface area (Å²) in [6, 6.07) is 6.99. The highest BCUT2D eigenvalue weighted by molar-refractivity contribution is 7.98. The van der Waals surface area contributed by atoms with E-state index in [9.17, 15) is 9.59 Å². The molecule has 0 bridgehead atoms. The number of carbonyl (C=O) groups is 2. The summed E-state index contributed by atoms with van der Waals surface area (Å²) in [5.74, 6) is 0.513. The first kappa shape index (κ1) is 14.6. The number of methoxy groups -OCH3 is 1. The topological polar surface area (TPSA) is 55.4 Å². The quantitative estimate of drug-likeness (QED) is 0.799. The Bertz CT molecular complexity index is 403. The Morgan fingerprint density at radius 3 is 2.50 bits per heavy atom. The molecule has 1 amide bonds. The Kier molecular flexibility index (Phi) is 6.28. The molecule has 1 N–H and O–H groups in total. The van der Waals surface area contributed by atoms with Crippen molar-refractivity contribution in [1.29, 1.82) is 0 Å². The zero-order valence-electron chi connectivity index (χ0n) is 10.6. The van der Waals surface area contributed by atoms with E-state index in [-0.39, 0.29) is 11.9 Å². The molecule has 0 saturated heterocycles. The van der Waals surface area contributed by atoms with Gasteiger partial charge in [0, 0.05) is 18.7 Å². The van der Waals surface area contributed by atoms with Gasteiger partial charge >= 0.3 is 5.97 Å². The third kappa shape index (κ3) is 4.79. The minimum Gasteiger partial charge on any atom is -0.465 e. The lowest BCUT2D eigenvalue weighted by Gasteiger charge is -2.05. The molecule has 0 aliphatic heterocycles. The lowest BCUT2D eigenvalue weighted by Crippen LogP contribution is -2.22. The summed E-state index contributed by atoms with van der Waals surface area (Å²) in [6.07, 6.45) is 2.50. The largest absolute Gasteiger partial charge is 0.465 e. The number of hydrogen-bond donors (Lipinski definition) is 1. The number of amides is 1. The second-order valence-electron chi connectivity index (χ2n) is 3.71. The van der Waals surface area contributed by atoms with Gasteiger partial charge in [0.15, 0.2) is 0 Å². The van der Waals surface area contributed by atoms with Gasteiger partial charge in [0.25, 0.3) is 0 Å². The highest BCUT2D eigenvalue weighted by Gasteiger charge is 2.05. The van der Waals surface area contributed by atoms with Crippen LogP contribution in [0.2, 0.25) is 0 Å². The van der Waals surface area contributed by atoms with Gasteiger partial charge in [-0.25, -0.2) is 4.79 Å². The molecule has 0 aliphatic rings. The highest BCUT2D eigenvalue weighted by Crippen LogP contribution is 2.05. The fourth-order valence-corrected chi connectivity index (χ4v) is 1.75. The second kappa shape index (κ2) is 7.76. The van der Waals surface area contributed by atoms with Crippen LogP contribution in [0.15, 0.2) is 24.3 Å². The Hall–Kier alpha value is -1.49. The average Bonchev–Trinajstić information content (AvgIpc) is 2.42. The van der Waals surface area contributed by atoms with Gasteiger partial charge in [0.1, 0.15) is 0 Å². The molecule has 0 heterocycles. The minimum absolute atomic E-state index is 0.0430. The summed E-state index contributed by atoms with van der Waals surface area (Å²) < 4.78 is 4.61. The molecular formula is C13H17NO3S. The van der Waals surface area contributed by atoms with Crippen molar-refractivity contribution >= 4 is 23.6 Å². The molecule has 5 heteroatoms. The first-order valence-electron chi connectivity index (χ1n) is 5.60. The van der Waals surface area contributed by atoms with Crippen molar-refractivity contribution in [1.82, 2.24) is 5.32 Å². The van der Waals surface area contributed by atoms with E-state index in [0.717, 1.165) is 11.3 Å². The molecule has 0 saturated carbocycles. The Morgan fingerprint density at radius 1 is 1.28 bits per heavy atom. The van der Waals surface area contributed by atoms with Crippen LogP contribution in [0.5, 0.6) is 0 Å². The standard InChI is InChI=1S/C13H17NO3S/c1-17-13(16)11-5-3-10(4-6-11)9-14-12(15)7-8-18-2/h3-6H,7-9H2,1-2H3,(H,14,15). The van der Waals surface area contributed by atoms with Crippen molar-refractivity contribution in [2.45, 2.75) is 13.0 Å². The maximum Gasteiger partial charge on any atom is 0.337 e. The number of rotatable bonds is 6. The fraction of sp³-hybridized carbons (Fsp3) is 0.385. The first-order chi connectivity index (χ1) is 8.67. The Labute approximate surface area is 111 Å². The number of nitrogens with one attached hydrogen (secondary N) is 1. The zero-order chi connectivity index (χ0) is 13.4. The van der Waals surface area contributed by atoms with E-state index in [4.69, 9.17) is 0 Å². The van der Waals surface area contributed by atoms with Crippen LogP contribution in [0.25, 0.3) is 0 Å². The lowest BCUT2D eigenvalue weighted by molar-refractivity contribution is -0.120. The van der Waals surface area contributed by atoms with Gasteiger partial charge in [-0.05, 0) is 24.0 Å². The molecule has 0 aromatic heterocycles. The summed E-state index contributed by atoms with van der Waals surface area (Å²) in [5.41, 5.74) is 1.47. The van der Waals surface area contributed by atoms with Gasteiger partial charge in [0.2, 0.25) is 5.91 Å². The molecule has 18 heavy (non-hydrogen) atoms. The van der Waals surface area contributed by atoms with Crippen molar-refractivity contribution in [3.05, 3.63) is 35.4 Å². The normalized spacial score (nSPS) is 9.89. The zero-order valence-corrected chi connectivity index (χ0v) is 11.4. The van der Waals surface area contributed by atoms with E-state index in [1.165, 1.54) is 7.11 Å². The molecule has 1 aromatic carbocycles. The van der Waals surface area contributed by atoms with Crippen molar-refractivity contribution in [2.75, 3.05) is 19.1 Å². The predicted molar refractivity (Wildman–Crippen MR) is 72.6 cm³/mol. The monoisotopic (exact) mass is 267 g/mol. The van der Waals surface area contributed by atoms with Crippen LogP contribution >= 0.6 is 11.8 Å². The average molecular weight is 267 g/mol. The molecule has 0 spiro atoms. The van der Waals surface area contributed by atoms with E-state index in [0.29, 0.717) is 18.5 Å². The van der Waals surface area contributed by atoms with Crippen molar-refractivity contribution in [3.8, 4) is 0 Å². The number of esters is 1. The van der Waals surface area contributed by atoms with Gasteiger partial charge in [-0.2, -0.15) is 11.8 Å². The number of hydrogen-bond acceptors (Lipinski definition) is 4. The van der Waals surface area contributed by atoms with Crippen LogP contribution < -0.4 is 5.32 Å². The lowest BCUT2D eigenvalue weighted by atomic mass is 10.1. The summed E-state index contributed by atoms with van der Waals surface area (Å²) in [5, 5.41) is 2.83. The number of benzene rings is 1. The Balaban J connectivity index is 2.44. The molecule has 0 unspecified atom stereocenters. The molecule has 0 radical (unpaired) electrons. The van der Waals surface area contributed by atoms with Gasteiger partial charge in [0.05, 0.1) is 12.7 Å². The Morgan fingerprint density at radius 2 is 1.94 bits per heavy atom. The van der Waals surface area contributed by atoms with Crippen LogP contribution in [0.3, 0.4) is 0 Å². The molecule has 98 valence electrons. The SMILES string of the molecule is COC(=O)c1ccc(CNC(=O)CCSC)cc1. The maximum absolute atomic E-state index is 11.4. The van der Waals surface area contributed by atoms with Crippen LogP contribution in [0.4, 0.5) is 0 Å². The van der Waals surface area contributed by atoms with Gasteiger partial charge in [-0.1, -0.05) is 12.1 Å². The summed E-state index contributed by atoms with van der Waals surface area (Å²) >= 11 is 1.65. The minimum atomic E-state index is -0.356. The van der Waals surface area contributed by atoms with Crippen molar-refractivity contribution < 1.29 is 14.3 Å². The van der Waals surface area contributed by atoms with Crippen LogP contribution in [0, 0.1) is 0 Å². The highest BCUT2D eigenvalue weighted by atomic mass is 32.2. The third-order valence-electron chi connectivity index (χ3n) is 2.40. The van der Waals surface area contributed by atoms with Crippen molar-refractivity contribution in [2.24, 2.45) is 0 Å². The number of carbonyl (C=O) groups excluding carboxylic acids is 2. The van der Waals surface area contributed by atoms with Gasteiger partial charge in [-0.3, -0.25) is 4.79 Å². The van der Waals surface area contributed by atoms with Gasteiger partial charge in [-0.15, -0.1) is 0 Å². The summed E-state index contributed by atoms with van der Waals surface area (Å²) in [6.45, 7) is 0.481. The molecule has 0 fully saturated rings. The summed E-state index contributed by atoms with van der Waals surface area (Å²) in [4.78, 5) is 22.6. The fourth-order valence-electron chi connectivity index (χ4n) is 1.36. The molecular weight excluding hydrogens is 250 g/mol. The van der Waals surface area contributed by atoms with E-state index in [1.807, 2.05) is 6.26 Å². The molecule has 1 aromatic rings. The number of thioether (sulfide) groups is 1. The van der Waals surface area contributed by atoms with Crippen LogP contribution in [-0.2, 0) is 16.1 Å². The van der Waals surface area contributed by atoms with Crippen molar-refractivity contribution in [3.63, 3.8) is 0 Å². The predicted octanol–water partition coefficient (Wildman–Crippen LogP) is 1.84. The van der Waals surface area contributed by atoms with E-state index < -0.39 is 0 Å². The summed E-state index contributed by atoms with van der Waals surface area (Å²) in [7, 11) is 1.35. The van der Waals surface area contributed by atoms with E-state index >= 15 is 0 Å². The molecule has 4 nitrogen and oxygen atoms in total.